The van der Waals surface area contributed by atoms with Crippen LogP contribution >= 0.6 is 0 Å². The third-order valence-electron chi connectivity index (χ3n) is 13.0. The number of hydrogen-bond acceptors (Lipinski definition) is 4. The maximum absolute atomic E-state index is 12.6. The third-order valence-corrected chi connectivity index (χ3v) is 13.0. The first-order chi connectivity index (χ1) is 20.0. The van der Waals surface area contributed by atoms with Crippen LogP contribution in [0.3, 0.4) is 0 Å². The number of phenolic OH excluding ortho intramolecular Hbond substituents is 1. The monoisotopic (exact) mass is 576 g/mol. The molecule has 4 aliphatic carbocycles. The minimum atomic E-state index is -0.965. The molecule has 0 amide bonds. The summed E-state index contributed by atoms with van der Waals surface area (Å²) < 4.78 is 0. The number of fused-ring (bicyclic) bond motifs is 6. The Labute approximate surface area is 253 Å². The first-order valence-electron chi connectivity index (χ1n) is 17.1. The van der Waals surface area contributed by atoms with Crippen LogP contribution in [-0.4, -0.2) is 44.6 Å². The average molecular weight is 577 g/mol. The van der Waals surface area contributed by atoms with Gasteiger partial charge in [-0.2, -0.15) is 0 Å². The van der Waals surface area contributed by atoms with Gasteiger partial charge in [-0.3, -0.25) is 0 Å². The Morgan fingerprint density at radius 1 is 1.02 bits per heavy atom. The molecule has 0 aliphatic heterocycles. The number of allylic oxidation sites excluding steroid dienone is 1. The van der Waals surface area contributed by atoms with E-state index in [9.17, 15) is 15.3 Å². The van der Waals surface area contributed by atoms with Crippen LogP contribution in [0.4, 0.5) is 0 Å². The summed E-state index contributed by atoms with van der Waals surface area (Å²) in [5.74, 6) is 3.61. The van der Waals surface area contributed by atoms with E-state index < -0.39 is 11.7 Å². The summed E-state index contributed by atoms with van der Waals surface area (Å²) in [5.41, 5.74) is 2.97. The molecular weight excluding hydrogens is 520 g/mol. The number of aliphatic hydroxyl groups excluding tert-OH is 1. The van der Waals surface area contributed by atoms with Crippen LogP contribution in [0.15, 0.2) is 36.0 Å². The second kappa shape index (κ2) is 11.3. The van der Waals surface area contributed by atoms with Gasteiger partial charge in [0.05, 0.1) is 17.7 Å². The van der Waals surface area contributed by atoms with E-state index in [1.54, 1.807) is 11.6 Å². The van der Waals surface area contributed by atoms with Gasteiger partial charge in [0.1, 0.15) is 5.75 Å². The first kappa shape index (κ1) is 30.2. The van der Waals surface area contributed by atoms with Gasteiger partial charge in [-0.05, 0) is 110 Å². The number of aromatic amines is 1. The largest absolute Gasteiger partial charge is 0.508 e. The Bertz CT molecular complexity index is 1300. The molecule has 6 rings (SSSR count). The van der Waals surface area contributed by atoms with Crippen molar-refractivity contribution < 1.29 is 15.3 Å². The van der Waals surface area contributed by atoms with Crippen molar-refractivity contribution in [3.8, 4) is 5.75 Å². The van der Waals surface area contributed by atoms with Crippen molar-refractivity contribution in [1.82, 2.24) is 10.3 Å². The predicted octanol–water partition coefficient (Wildman–Crippen LogP) is 7.50. The molecule has 3 saturated carbocycles. The highest BCUT2D eigenvalue weighted by molar-refractivity contribution is 5.84. The number of phenols is 1. The minimum absolute atomic E-state index is 0.174. The van der Waals surface area contributed by atoms with Gasteiger partial charge in [0.15, 0.2) is 0 Å². The fourth-order valence-corrected chi connectivity index (χ4v) is 10.6. The summed E-state index contributed by atoms with van der Waals surface area (Å²) in [6, 6.07) is 5.30. The summed E-state index contributed by atoms with van der Waals surface area (Å²) in [6.07, 6.45) is 16.0. The van der Waals surface area contributed by atoms with Crippen LogP contribution in [0.25, 0.3) is 10.9 Å². The van der Waals surface area contributed by atoms with Crippen LogP contribution in [0, 0.1) is 40.4 Å². The lowest BCUT2D eigenvalue weighted by atomic mass is 9.45. The minimum Gasteiger partial charge on any atom is -0.508 e. The van der Waals surface area contributed by atoms with Crippen LogP contribution in [0.1, 0.15) is 104 Å². The number of H-pyrrole nitrogens is 1. The van der Waals surface area contributed by atoms with Crippen LogP contribution in [0.5, 0.6) is 5.75 Å². The molecule has 232 valence electrons. The molecule has 4 aliphatic rings. The van der Waals surface area contributed by atoms with Crippen molar-refractivity contribution in [1.29, 1.82) is 0 Å². The normalized spacial score (nSPS) is 38.7. The Kier molecular flexibility index (Phi) is 8.11. The van der Waals surface area contributed by atoms with E-state index in [4.69, 9.17) is 0 Å². The van der Waals surface area contributed by atoms with Crippen molar-refractivity contribution in [2.75, 3.05) is 6.54 Å². The van der Waals surface area contributed by atoms with Crippen molar-refractivity contribution in [3.05, 3.63) is 41.6 Å². The molecule has 0 unspecified atom stereocenters. The van der Waals surface area contributed by atoms with E-state index in [-0.39, 0.29) is 17.2 Å². The number of aliphatic hydroxyl groups is 2. The Morgan fingerprint density at radius 3 is 2.62 bits per heavy atom. The van der Waals surface area contributed by atoms with Crippen molar-refractivity contribution in [2.45, 2.75) is 123 Å². The molecule has 0 saturated heterocycles. The van der Waals surface area contributed by atoms with Crippen molar-refractivity contribution in [2.24, 2.45) is 40.4 Å². The second-order valence-corrected chi connectivity index (χ2v) is 15.8. The number of nitrogens with one attached hydrogen (secondary N) is 2. The number of benzene rings is 1. The maximum Gasteiger partial charge on any atom is 0.116 e. The lowest BCUT2D eigenvalue weighted by Crippen LogP contribution is -2.68. The highest BCUT2D eigenvalue weighted by Gasteiger charge is 2.64. The van der Waals surface area contributed by atoms with Crippen molar-refractivity contribution >= 4 is 10.9 Å². The summed E-state index contributed by atoms with van der Waals surface area (Å²) in [5, 5.41) is 38.3. The topological polar surface area (TPSA) is 88.5 Å². The number of aromatic hydroxyl groups is 1. The summed E-state index contributed by atoms with van der Waals surface area (Å²) in [4.78, 5) is 3.33. The van der Waals surface area contributed by atoms with Crippen LogP contribution in [-0.2, 0) is 6.42 Å². The van der Waals surface area contributed by atoms with Gasteiger partial charge in [0.2, 0.25) is 0 Å². The van der Waals surface area contributed by atoms with Gasteiger partial charge in [-0.15, -0.1) is 0 Å². The van der Waals surface area contributed by atoms with Gasteiger partial charge < -0.3 is 25.6 Å². The lowest BCUT2D eigenvalue weighted by Gasteiger charge is -2.63. The molecule has 5 heteroatoms. The third kappa shape index (κ3) is 4.96. The summed E-state index contributed by atoms with van der Waals surface area (Å²) >= 11 is 0. The van der Waals surface area contributed by atoms with E-state index in [1.165, 1.54) is 44.1 Å². The standard InChI is InChI=1S/C37H56N2O3/c1-23(2)7-6-8-24(3)30-10-11-31-29-20-34(38-18-15-25-22-39-33-12-9-26(40)19-28(25)33)37(42)21-27(41)13-17-36(37,5)32(29)14-16-35(30,31)4/h9,12,19-20,22-24,27,30-32,34,38-42H,6-8,10-11,13-18,21H2,1-5H3/t24-,27+,30-,31+,32+,34-,35-,36-,37+/m1/s1. The second-order valence-electron chi connectivity index (χ2n) is 15.8. The predicted molar refractivity (Wildman–Crippen MR) is 171 cm³/mol. The molecule has 0 spiro atoms. The van der Waals surface area contributed by atoms with Gasteiger partial charge in [-0.25, -0.2) is 0 Å². The molecule has 5 nitrogen and oxygen atoms in total. The van der Waals surface area contributed by atoms with Gasteiger partial charge in [-0.1, -0.05) is 65.5 Å². The molecule has 2 aromatic rings. The number of hydrogen-bond donors (Lipinski definition) is 5. The molecule has 5 N–H and O–H groups in total. The van der Waals surface area contributed by atoms with Crippen LogP contribution < -0.4 is 5.32 Å². The fraction of sp³-hybridized carbons (Fsp3) is 0.730. The average Bonchev–Trinajstić information content (AvgIpc) is 3.50. The van der Waals surface area contributed by atoms with E-state index in [0.717, 1.165) is 60.9 Å². The summed E-state index contributed by atoms with van der Waals surface area (Å²) in [6.45, 7) is 12.9. The van der Waals surface area contributed by atoms with E-state index in [0.29, 0.717) is 23.7 Å². The number of aromatic nitrogens is 1. The zero-order chi connectivity index (χ0) is 29.9. The molecule has 1 heterocycles. The highest BCUT2D eigenvalue weighted by atomic mass is 16.3. The van der Waals surface area contributed by atoms with Crippen molar-refractivity contribution in [3.63, 3.8) is 0 Å². The Morgan fingerprint density at radius 2 is 1.83 bits per heavy atom. The Balaban J connectivity index is 1.26. The molecule has 3 fully saturated rings. The van der Waals surface area contributed by atoms with Gasteiger partial charge >= 0.3 is 0 Å². The molecule has 0 bridgehead atoms. The fourth-order valence-electron chi connectivity index (χ4n) is 10.6. The highest BCUT2D eigenvalue weighted by Crippen LogP contribution is 2.67. The first-order valence-corrected chi connectivity index (χ1v) is 17.1. The summed E-state index contributed by atoms with van der Waals surface area (Å²) in [7, 11) is 0. The molecular formula is C37H56N2O3. The maximum atomic E-state index is 12.6. The zero-order valence-electron chi connectivity index (χ0n) is 26.8. The zero-order valence-corrected chi connectivity index (χ0v) is 26.8. The van der Waals surface area contributed by atoms with Gasteiger partial charge in [0.25, 0.3) is 0 Å². The molecule has 1 aromatic carbocycles. The van der Waals surface area contributed by atoms with Gasteiger partial charge in [0, 0.05) is 28.9 Å². The van der Waals surface area contributed by atoms with E-state index in [1.807, 2.05) is 18.3 Å². The van der Waals surface area contributed by atoms with E-state index >= 15 is 0 Å². The Hall–Kier alpha value is -1.82. The molecule has 0 radical (unpaired) electrons. The molecule has 42 heavy (non-hydrogen) atoms. The molecule has 9 atom stereocenters. The smallest absolute Gasteiger partial charge is 0.116 e. The number of rotatable bonds is 9. The molecule has 1 aromatic heterocycles. The van der Waals surface area contributed by atoms with E-state index in [2.05, 4.69) is 51.0 Å². The SMILES string of the molecule is CC(C)CCC[C@@H](C)[C@H]1CC[C@H]2C3=C[C@@H](NCCc4c[nH]c5ccc(O)cc45)[C@@]4(O)C[C@@H](O)CC[C@]4(C)[C@H]3CC[C@]12C. The quantitative estimate of drug-likeness (QED) is 0.200. The van der Waals surface area contributed by atoms with Crippen LogP contribution in [0.2, 0.25) is 0 Å². The lowest BCUT2D eigenvalue weighted by molar-refractivity contribution is -0.181.